The molecule has 1 aliphatic heterocycles. The van der Waals surface area contributed by atoms with Crippen LogP contribution in [0.25, 0.3) is 10.9 Å². The lowest BCUT2D eigenvalue weighted by atomic mass is 9.74. The highest BCUT2D eigenvalue weighted by Crippen LogP contribution is 2.40. The highest BCUT2D eigenvalue weighted by atomic mass is 16.5. The second-order valence-electron chi connectivity index (χ2n) is 6.12. The van der Waals surface area contributed by atoms with Crippen molar-refractivity contribution in [2.45, 2.75) is 37.6 Å². The number of methoxy groups -OCH3 is 1. The van der Waals surface area contributed by atoms with Gasteiger partial charge in [0.05, 0.1) is 7.11 Å². The number of carbonyl (C=O) groups is 1. The predicted molar refractivity (Wildman–Crippen MR) is 81.7 cm³/mol. The third-order valence-electron chi connectivity index (χ3n) is 5.05. The van der Waals surface area contributed by atoms with Crippen LogP contribution in [0.1, 0.15) is 46.8 Å². The first-order chi connectivity index (χ1) is 10.3. The summed E-state index contributed by atoms with van der Waals surface area (Å²) < 4.78 is 4.82. The maximum atomic E-state index is 11.7. The van der Waals surface area contributed by atoms with Gasteiger partial charge in [-0.3, -0.25) is 0 Å². The van der Waals surface area contributed by atoms with Crippen molar-refractivity contribution in [2.75, 3.05) is 13.7 Å². The van der Waals surface area contributed by atoms with E-state index in [1.54, 1.807) is 0 Å². The Morgan fingerprint density at radius 1 is 1.33 bits per heavy atom. The summed E-state index contributed by atoms with van der Waals surface area (Å²) in [6, 6.07) is 6.94. The van der Waals surface area contributed by atoms with Gasteiger partial charge in [0.25, 0.3) is 0 Å². The number of aryl methyl sites for hydroxylation is 1. The van der Waals surface area contributed by atoms with Crippen molar-refractivity contribution in [3.63, 3.8) is 0 Å². The van der Waals surface area contributed by atoms with Gasteiger partial charge in [-0.05, 0) is 61.4 Å². The molecular weight excluding hydrogens is 264 g/mol. The summed E-state index contributed by atoms with van der Waals surface area (Å²) in [4.78, 5) is 14.9. The lowest BCUT2D eigenvalue weighted by Crippen LogP contribution is -2.42. The molecule has 1 saturated heterocycles. The number of hydrogen-bond donors (Lipinski definition) is 2. The zero-order chi connectivity index (χ0) is 14.4. The number of aromatic nitrogens is 1. The fourth-order valence-electron chi connectivity index (χ4n) is 4.06. The third kappa shape index (κ3) is 1.97. The van der Waals surface area contributed by atoms with Crippen LogP contribution in [-0.2, 0) is 11.2 Å². The fourth-order valence-corrected chi connectivity index (χ4v) is 4.06. The van der Waals surface area contributed by atoms with Crippen LogP contribution in [0.3, 0.4) is 0 Å². The number of piperidine rings is 1. The second kappa shape index (κ2) is 4.88. The van der Waals surface area contributed by atoms with E-state index in [1.807, 2.05) is 6.07 Å². The Labute approximate surface area is 123 Å². The quantitative estimate of drug-likeness (QED) is 0.792. The van der Waals surface area contributed by atoms with Gasteiger partial charge in [0.1, 0.15) is 5.69 Å². The highest BCUT2D eigenvalue weighted by Gasteiger charge is 2.32. The number of benzene rings is 1. The van der Waals surface area contributed by atoms with E-state index in [2.05, 4.69) is 22.4 Å². The van der Waals surface area contributed by atoms with Crippen molar-refractivity contribution in [1.82, 2.24) is 10.3 Å². The van der Waals surface area contributed by atoms with Crippen LogP contribution >= 0.6 is 0 Å². The van der Waals surface area contributed by atoms with Crippen molar-refractivity contribution in [3.8, 4) is 0 Å². The van der Waals surface area contributed by atoms with Crippen LogP contribution in [0.15, 0.2) is 18.2 Å². The minimum absolute atomic E-state index is 0.298. The smallest absolute Gasteiger partial charge is 0.354 e. The summed E-state index contributed by atoms with van der Waals surface area (Å²) in [5, 5.41) is 4.85. The van der Waals surface area contributed by atoms with Gasteiger partial charge in [-0.25, -0.2) is 4.79 Å². The van der Waals surface area contributed by atoms with Gasteiger partial charge in [-0.1, -0.05) is 6.07 Å². The molecule has 0 amide bonds. The molecule has 4 nitrogen and oxygen atoms in total. The van der Waals surface area contributed by atoms with Gasteiger partial charge in [0.15, 0.2) is 0 Å². The van der Waals surface area contributed by atoms with Gasteiger partial charge in [-0.15, -0.1) is 0 Å². The maximum Gasteiger partial charge on any atom is 0.354 e. The van der Waals surface area contributed by atoms with E-state index in [9.17, 15) is 4.79 Å². The summed E-state index contributed by atoms with van der Waals surface area (Å²) >= 11 is 0. The average molecular weight is 284 g/mol. The SMILES string of the molecule is COC(=O)c1cc2c3c(ccc2[nH]1)C1CCCNC1CC3. The molecule has 2 unspecified atom stereocenters. The van der Waals surface area contributed by atoms with Crippen LogP contribution in [0, 0.1) is 0 Å². The molecule has 1 aromatic carbocycles. The molecule has 0 spiro atoms. The average Bonchev–Trinajstić information content (AvgIpc) is 2.98. The molecular formula is C17H20N2O2. The van der Waals surface area contributed by atoms with Crippen LogP contribution < -0.4 is 5.32 Å². The number of ether oxygens (including phenoxy) is 1. The third-order valence-corrected chi connectivity index (χ3v) is 5.05. The van der Waals surface area contributed by atoms with Crippen LogP contribution in [0.5, 0.6) is 0 Å². The Hall–Kier alpha value is -1.81. The Balaban J connectivity index is 1.83. The van der Waals surface area contributed by atoms with Crippen molar-refractivity contribution in [3.05, 3.63) is 35.0 Å². The summed E-state index contributed by atoms with van der Waals surface area (Å²) in [6.07, 6.45) is 4.79. The van der Waals surface area contributed by atoms with Crippen LogP contribution in [0.2, 0.25) is 0 Å². The molecule has 0 bridgehead atoms. The molecule has 2 N–H and O–H groups in total. The first-order valence-corrected chi connectivity index (χ1v) is 7.74. The van der Waals surface area contributed by atoms with Gasteiger partial charge in [0.2, 0.25) is 0 Å². The predicted octanol–water partition coefficient (Wildman–Crippen LogP) is 2.74. The van der Waals surface area contributed by atoms with E-state index in [4.69, 9.17) is 4.74 Å². The zero-order valence-electron chi connectivity index (χ0n) is 12.2. The molecule has 110 valence electrons. The largest absolute Gasteiger partial charge is 0.464 e. The molecule has 0 radical (unpaired) electrons. The first-order valence-electron chi connectivity index (χ1n) is 7.74. The Kier molecular flexibility index (Phi) is 3.00. The van der Waals surface area contributed by atoms with Crippen molar-refractivity contribution >= 4 is 16.9 Å². The molecule has 0 saturated carbocycles. The normalized spacial score (nSPS) is 24.4. The topological polar surface area (TPSA) is 54.1 Å². The maximum absolute atomic E-state index is 11.7. The number of aromatic amines is 1. The van der Waals surface area contributed by atoms with E-state index >= 15 is 0 Å². The Bertz CT molecular complexity index is 704. The monoisotopic (exact) mass is 284 g/mol. The number of hydrogen-bond acceptors (Lipinski definition) is 3. The minimum Gasteiger partial charge on any atom is -0.464 e. The molecule has 4 rings (SSSR count). The molecule has 2 aliphatic rings. The zero-order valence-corrected chi connectivity index (χ0v) is 12.2. The van der Waals surface area contributed by atoms with Crippen LogP contribution in [0.4, 0.5) is 0 Å². The Morgan fingerprint density at radius 3 is 3.10 bits per heavy atom. The molecule has 2 atom stereocenters. The highest BCUT2D eigenvalue weighted by molar-refractivity contribution is 5.96. The van der Waals surface area contributed by atoms with E-state index < -0.39 is 0 Å². The van der Waals surface area contributed by atoms with Crippen molar-refractivity contribution in [2.24, 2.45) is 0 Å². The van der Waals surface area contributed by atoms with Crippen molar-refractivity contribution < 1.29 is 9.53 Å². The molecule has 4 heteroatoms. The molecule has 21 heavy (non-hydrogen) atoms. The minimum atomic E-state index is -0.298. The summed E-state index contributed by atoms with van der Waals surface area (Å²) in [7, 11) is 1.42. The standard InChI is InChI=1S/C17H20N2O2/c1-21-17(20)16-9-13-11-4-6-14-12(3-2-8-18-14)10(11)5-7-15(13)19-16/h5,7,9,12,14,18-19H,2-4,6,8H2,1H3. The first kappa shape index (κ1) is 12.9. The van der Waals surface area contributed by atoms with E-state index in [0.29, 0.717) is 17.7 Å². The summed E-state index contributed by atoms with van der Waals surface area (Å²) in [5.41, 5.74) is 4.48. The summed E-state index contributed by atoms with van der Waals surface area (Å²) in [6.45, 7) is 1.15. The fraction of sp³-hybridized carbons (Fsp3) is 0.471. The van der Waals surface area contributed by atoms with Gasteiger partial charge < -0.3 is 15.0 Å². The van der Waals surface area contributed by atoms with Crippen LogP contribution in [-0.4, -0.2) is 30.6 Å². The van der Waals surface area contributed by atoms with Gasteiger partial charge >= 0.3 is 5.97 Å². The number of carbonyl (C=O) groups excluding carboxylic acids is 1. The lowest BCUT2D eigenvalue weighted by molar-refractivity contribution is 0.0595. The summed E-state index contributed by atoms with van der Waals surface area (Å²) in [5.74, 6) is 0.330. The molecule has 1 fully saturated rings. The van der Waals surface area contributed by atoms with E-state index in [0.717, 1.165) is 18.5 Å². The molecule has 1 aliphatic carbocycles. The number of rotatable bonds is 1. The molecule has 1 aromatic heterocycles. The lowest BCUT2D eigenvalue weighted by Gasteiger charge is -2.38. The van der Waals surface area contributed by atoms with Gasteiger partial charge in [-0.2, -0.15) is 0 Å². The molecule has 2 aromatic rings. The van der Waals surface area contributed by atoms with E-state index in [1.165, 1.54) is 42.9 Å². The van der Waals surface area contributed by atoms with Crippen molar-refractivity contribution in [1.29, 1.82) is 0 Å². The Morgan fingerprint density at radius 2 is 2.24 bits per heavy atom. The number of H-pyrrole nitrogens is 1. The second-order valence-corrected chi connectivity index (χ2v) is 6.12. The van der Waals surface area contributed by atoms with E-state index in [-0.39, 0.29) is 5.97 Å². The number of fused-ring (bicyclic) bond motifs is 5. The number of nitrogens with one attached hydrogen (secondary N) is 2. The molecule has 2 heterocycles. The van der Waals surface area contributed by atoms with Gasteiger partial charge in [0, 0.05) is 16.9 Å². The number of esters is 1.